The van der Waals surface area contributed by atoms with Crippen LogP contribution in [0, 0.1) is 10.8 Å². The van der Waals surface area contributed by atoms with Gasteiger partial charge in [-0.3, -0.25) is 9.78 Å². The van der Waals surface area contributed by atoms with Crippen molar-refractivity contribution in [2.75, 3.05) is 6.54 Å². The molecule has 1 aromatic heterocycles. The average Bonchev–Trinajstić information content (AvgIpc) is 3.41. The first-order valence-corrected chi connectivity index (χ1v) is 16.2. The monoisotopic (exact) mass is 660 g/mol. The number of nitrogens with zero attached hydrogens (tertiary/aromatic N) is 2. The number of rotatable bonds is 5. The Kier molecular flexibility index (Phi) is 7.01. The van der Waals surface area contributed by atoms with Crippen LogP contribution >= 0.6 is 0 Å². The van der Waals surface area contributed by atoms with Gasteiger partial charge in [0.25, 0.3) is 0 Å². The zero-order chi connectivity index (χ0) is 32.8. The lowest BCUT2D eigenvalue weighted by atomic mass is 9.52. The molecule has 1 aromatic carbocycles. The van der Waals surface area contributed by atoms with E-state index in [0.717, 1.165) is 6.07 Å². The van der Waals surface area contributed by atoms with Gasteiger partial charge in [0.2, 0.25) is 5.91 Å². The maximum absolute atomic E-state index is 15.1. The standard InChI is InChI=1S/C31H31F7N2O4S/c1-19(41)26-8-11-27(12-9-26,13-10-26)25(42)40-17-14-28(45(43,44)22-6-15-39-16-7-22)23-4-3-21(18-20(23)2-5-24(28)40)29(32,30(33,34)35)31(36,37)38/h3-4,6-7,15-16,18,24,41H,1-2,5,8-14,17H2. The number of halogens is 7. The molecule has 1 amide bonds. The summed E-state index contributed by atoms with van der Waals surface area (Å²) < 4.78 is 124. The van der Waals surface area contributed by atoms with Crippen LogP contribution in [0.15, 0.2) is 60.0 Å². The molecule has 2 unspecified atom stereocenters. The van der Waals surface area contributed by atoms with Crippen LogP contribution in [0.25, 0.3) is 0 Å². The van der Waals surface area contributed by atoms with Crippen LogP contribution in [-0.2, 0) is 31.5 Å². The van der Waals surface area contributed by atoms with Gasteiger partial charge < -0.3 is 10.0 Å². The first-order valence-electron chi connectivity index (χ1n) is 14.7. The topological polar surface area (TPSA) is 87.6 Å². The van der Waals surface area contributed by atoms with Crippen LogP contribution in [0.1, 0.15) is 68.1 Å². The van der Waals surface area contributed by atoms with Crippen molar-refractivity contribution in [3.8, 4) is 0 Å². The van der Waals surface area contributed by atoms with Gasteiger partial charge in [-0.25, -0.2) is 12.8 Å². The summed E-state index contributed by atoms with van der Waals surface area (Å²) in [6.45, 7) is 3.71. The number of hydrogen-bond donors (Lipinski definition) is 1. The Labute approximate surface area is 255 Å². The molecule has 6 nitrogen and oxygen atoms in total. The summed E-state index contributed by atoms with van der Waals surface area (Å²) in [7, 11) is -4.43. The molecule has 1 N–H and O–H groups in total. The van der Waals surface area contributed by atoms with Gasteiger partial charge in [0, 0.05) is 35.3 Å². The van der Waals surface area contributed by atoms with E-state index in [4.69, 9.17) is 0 Å². The minimum Gasteiger partial charge on any atom is -0.512 e. The quantitative estimate of drug-likeness (QED) is 0.276. The van der Waals surface area contributed by atoms with Crippen LogP contribution in [-0.4, -0.2) is 54.3 Å². The molecule has 14 heteroatoms. The third-order valence-corrected chi connectivity index (χ3v) is 13.6. The number of likely N-dealkylation sites (tertiary alicyclic amines) is 1. The van der Waals surface area contributed by atoms with Crippen LogP contribution in [0.4, 0.5) is 30.7 Å². The smallest absolute Gasteiger partial charge is 0.435 e. The second kappa shape index (κ2) is 9.92. The molecule has 244 valence electrons. The van der Waals surface area contributed by atoms with Gasteiger partial charge in [0.1, 0.15) is 4.75 Å². The normalized spacial score (nSPS) is 30.1. The van der Waals surface area contributed by atoms with Gasteiger partial charge in [-0.15, -0.1) is 0 Å². The van der Waals surface area contributed by atoms with Crippen molar-refractivity contribution < 1.29 is 49.1 Å². The van der Waals surface area contributed by atoms with Crippen molar-refractivity contribution in [1.29, 1.82) is 0 Å². The fourth-order valence-corrected chi connectivity index (χ4v) is 10.8. The fourth-order valence-electron chi connectivity index (χ4n) is 8.44. The summed E-state index contributed by atoms with van der Waals surface area (Å²) in [5.41, 5.74) is -8.78. The summed E-state index contributed by atoms with van der Waals surface area (Å²) in [5.74, 6) is -0.156. The lowest BCUT2D eigenvalue weighted by molar-refractivity contribution is -0.348. The van der Waals surface area contributed by atoms with Crippen molar-refractivity contribution >= 4 is 15.7 Å². The maximum atomic E-state index is 15.1. The lowest BCUT2D eigenvalue weighted by Crippen LogP contribution is -2.57. The molecule has 4 fully saturated rings. The van der Waals surface area contributed by atoms with Gasteiger partial charge >= 0.3 is 18.0 Å². The van der Waals surface area contributed by atoms with E-state index in [1.807, 2.05) is 0 Å². The number of alkyl halides is 7. The molecule has 0 spiro atoms. The Morgan fingerprint density at radius 3 is 1.98 bits per heavy atom. The predicted molar refractivity (Wildman–Crippen MR) is 147 cm³/mol. The van der Waals surface area contributed by atoms with E-state index in [9.17, 15) is 44.7 Å². The third kappa shape index (κ3) is 4.22. The Morgan fingerprint density at radius 1 is 0.889 bits per heavy atom. The Hall–Kier alpha value is -3.16. The van der Waals surface area contributed by atoms with E-state index in [2.05, 4.69) is 11.6 Å². The van der Waals surface area contributed by atoms with E-state index >= 15 is 4.39 Å². The van der Waals surface area contributed by atoms with Crippen LogP contribution in [0.2, 0.25) is 0 Å². The summed E-state index contributed by atoms with van der Waals surface area (Å²) in [5, 5.41) is 10.2. The number of carbonyl (C=O) groups is 1. The summed E-state index contributed by atoms with van der Waals surface area (Å²) in [6.07, 6.45) is -7.53. The SMILES string of the molecule is C=C(O)C12CCC(C(=O)N3CCC4(S(=O)(=O)c5ccncc5)c5ccc(C(F)(C(F)(F)F)C(F)(F)F)cc5CCC34)(CC1)CC2. The summed E-state index contributed by atoms with van der Waals surface area (Å²) >= 11 is 0. The lowest BCUT2D eigenvalue weighted by Gasteiger charge is -2.53. The van der Waals surface area contributed by atoms with Crippen LogP contribution in [0.5, 0.6) is 0 Å². The number of pyridine rings is 1. The number of carbonyl (C=O) groups excluding carboxylic acids is 1. The molecule has 0 radical (unpaired) electrons. The molecule has 7 rings (SSSR count). The van der Waals surface area contributed by atoms with Gasteiger partial charge in [0.15, 0.2) is 9.84 Å². The predicted octanol–water partition coefficient (Wildman–Crippen LogP) is 7.00. The molecule has 5 aliphatic rings. The molecule has 2 aromatic rings. The average molecular weight is 661 g/mol. The number of sulfone groups is 1. The van der Waals surface area contributed by atoms with Crippen LogP contribution < -0.4 is 0 Å². The number of amides is 1. The number of benzene rings is 1. The van der Waals surface area contributed by atoms with E-state index < -0.39 is 55.0 Å². The third-order valence-electron chi connectivity index (χ3n) is 11.1. The molecule has 4 aliphatic carbocycles. The molecule has 2 heterocycles. The molecular formula is C31H31F7N2O4S. The first-order chi connectivity index (χ1) is 20.9. The molecule has 2 atom stereocenters. The van der Waals surface area contributed by atoms with E-state index in [-0.39, 0.29) is 53.5 Å². The molecule has 45 heavy (non-hydrogen) atoms. The van der Waals surface area contributed by atoms with Crippen molar-refractivity contribution in [2.45, 2.75) is 91.5 Å². The maximum Gasteiger partial charge on any atom is 0.435 e. The largest absolute Gasteiger partial charge is 0.512 e. The molecule has 3 saturated carbocycles. The van der Waals surface area contributed by atoms with Gasteiger partial charge in [-0.05, 0) is 81.0 Å². The molecule has 1 saturated heterocycles. The van der Waals surface area contributed by atoms with Gasteiger partial charge in [0.05, 0.1) is 16.7 Å². The molecule has 1 aliphatic heterocycles. The van der Waals surface area contributed by atoms with Crippen molar-refractivity contribution in [3.05, 3.63) is 71.8 Å². The van der Waals surface area contributed by atoms with Crippen molar-refractivity contribution in [3.63, 3.8) is 0 Å². The molecular weight excluding hydrogens is 629 g/mol. The van der Waals surface area contributed by atoms with Crippen LogP contribution in [0.3, 0.4) is 0 Å². The Morgan fingerprint density at radius 2 is 1.44 bits per heavy atom. The highest BCUT2D eigenvalue weighted by molar-refractivity contribution is 7.92. The highest BCUT2D eigenvalue weighted by atomic mass is 32.2. The Bertz CT molecular complexity index is 1620. The second-order valence-corrected chi connectivity index (χ2v) is 15.1. The first kappa shape index (κ1) is 31.8. The number of allylic oxidation sites excluding steroid dienone is 1. The van der Waals surface area contributed by atoms with Gasteiger partial charge in [-0.1, -0.05) is 24.8 Å². The van der Waals surface area contributed by atoms with Crippen molar-refractivity contribution in [2.24, 2.45) is 10.8 Å². The summed E-state index contributed by atoms with van der Waals surface area (Å²) in [4.78, 5) is 19.6. The number of fused-ring (bicyclic) bond motifs is 6. The van der Waals surface area contributed by atoms with E-state index in [1.165, 1.54) is 29.4 Å². The minimum atomic E-state index is -6.33. The zero-order valence-corrected chi connectivity index (χ0v) is 24.8. The highest BCUT2D eigenvalue weighted by Gasteiger charge is 2.74. The van der Waals surface area contributed by atoms with E-state index in [1.54, 1.807) is 0 Å². The second-order valence-electron chi connectivity index (χ2n) is 12.9. The van der Waals surface area contributed by atoms with E-state index in [0.29, 0.717) is 50.7 Å². The minimum absolute atomic E-state index is 0.00719. The van der Waals surface area contributed by atoms with Gasteiger partial charge in [-0.2, -0.15) is 26.3 Å². The number of aryl methyl sites for hydroxylation is 1. The zero-order valence-electron chi connectivity index (χ0n) is 24.0. The highest BCUT2D eigenvalue weighted by Crippen LogP contribution is 2.62. The Balaban J connectivity index is 1.46. The molecule has 2 bridgehead atoms. The van der Waals surface area contributed by atoms with Crippen molar-refractivity contribution in [1.82, 2.24) is 9.88 Å². The number of hydrogen-bond acceptors (Lipinski definition) is 5. The number of aliphatic hydroxyl groups excluding tert-OH is 1. The fraction of sp³-hybridized carbons (Fsp3) is 0.548. The number of aromatic nitrogens is 1. The number of aliphatic hydroxyl groups is 1. The summed E-state index contributed by atoms with van der Waals surface area (Å²) in [6, 6.07) is 3.21.